The number of hydrogen-bond donors (Lipinski definition) is 0. The molecule has 2 aliphatic rings. The number of nitrogens with zero attached hydrogens (tertiary/aromatic N) is 3. The van der Waals surface area contributed by atoms with Gasteiger partial charge in [0.2, 0.25) is 6.29 Å². The van der Waals surface area contributed by atoms with Crippen LogP contribution in [0.4, 0.5) is 0 Å². The molecule has 4 rings (SSSR count). The maximum Gasteiger partial charge on any atom is 0.218 e. The van der Waals surface area contributed by atoms with E-state index >= 15 is 0 Å². The van der Waals surface area contributed by atoms with Crippen LogP contribution in [0.25, 0.3) is 0 Å². The minimum absolute atomic E-state index is 0.0588. The normalized spacial score (nSPS) is 26.6. The molecule has 2 saturated heterocycles. The van der Waals surface area contributed by atoms with E-state index < -0.39 is 6.29 Å². The van der Waals surface area contributed by atoms with Crippen LogP contribution in [-0.4, -0.2) is 45.9 Å². The molecule has 7 nitrogen and oxygen atoms in total. The first-order valence-electron chi connectivity index (χ1n) is 7.62. The third-order valence-electron chi connectivity index (χ3n) is 4.01. The van der Waals surface area contributed by atoms with Crippen LogP contribution >= 0.6 is 0 Å². The van der Waals surface area contributed by atoms with Crippen LogP contribution in [-0.2, 0) is 32.2 Å². The fourth-order valence-corrected chi connectivity index (χ4v) is 2.82. The molecule has 3 heterocycles. The van der Waals surface area contributed by atoms with Crippen LogP contribution in [0.5, 0.6) is 0 Å². The van der Waals surface area contributed by atoms with E-state index in [2.05, 4.69) is 10.3 Å². The SMILES string of the molecule is O=C1C[C@H](OCc2cn(Cc3ccccc3)nn2)[C@H]2CO[C@@H]1O2. The number of ether oxygens (including phenoxy) is 3. The Hall–Kier alpha value is -2.09. The van der Waals surface area contributed by atoms with Gasteiger partial charge < -0.3 is 14.2 Å². The molecule has 120 valence electrons. The van der Waals surface area contributed by atoms with Crippen molar-refractivity contribution in [3.8, 4) is 0 Å². The van der Waals surface area contributed by atoms with Gasteiger partial charge in [0.25, 0.3) is 0 Å². The molecule has 0 saturated carbocycles. The summed E-state index contributed by atoms with van der Waals surface area (Å²) >= 11 is 0. The highest BCUT2D eigenvalue weighted by molar-refractivity contribution is 5.83. The molecule has 0 aliphatic carbocycles. The lowest BCUT2D eigenvalue weighted by Crippen LogP contribution is -2.40. The molecule has 1 aromatic carbocycles. The van der Waals surface area contributed by atoms with Gasteiger partial charge in [-0.15, -0.1) is 5.10 Å². The van der Waals surface area contributed by atoms with Crippen molar-refractivity contribution in [2.24, 2.45) is 0 Å². The molecule has 7 heteroatoms. The van der Waals surface area contributed by atoms with Gasteiger partial charge in [-0.25, -0.2) is 4.68 Å². The zero-order chi connectivity index (χ0) is 15.6. The highest BCUT2D eigenvalue weighted by Gasteiger charge is 2.43. The lowest BCUT2D eigenvalue weighted by Gasteiger charge is -2.25. The average Bonchev–Trinajstić information content (AvgIpc) is 3.19. The van der Waals surface area contributed by atoms with Crippen LogP contribution in [0.1, 0.15) is 17.7 Å². The van der Waals surface area contributed by atoms with Gasteiger partial charge in [0.15, 0.2) is 5.78 Å². The van der Waals surface area contributed by atoms with Gasteiger partial charge >= 0.3 is 0 Å². The van der Waals surface area contributed by atoms with Gasteiger partial charge in [-0.2, -0.15) is 0 Å². The number of fused-ring (bicyclic) bond motifs is 2. The summed E-state index contributed by atoms with van der Waals surface area (Å²) in [6, 6.07) is 10.0. The third kappa shape index (κ3) is 3.17. The molecule has 0 N–H and O–H groups in total. The number of ketones is 1. The Morgan fingerprint density at radius 1 is 1.30 bits per heavy atom. The smallest absolute Gasteiger partial charge is 0.218 e. The maximum atomic E-state index is 11.7. The van der Waals surface area contributed by atoms with Crippen molar-refractivity contribution in [2.75, 3.05) is 6.61 Å². The van der Waals surface area contributed by atoms with Crippen LogP contribution in [0.15, 0.2) is 36.5 Å². The van der Waals surface area contributed by atoms with Crippen molar-refractivity contribution in [3.63, 3.8) is 0 Å². The molecule has 0 spiro atoms. The van der Waals surface area contributed by atoms with Gasteiger partial charge in [0.1, 0.15) is 11.8 Å². The third-order valence-corrected chi connectivity index (χ3v) is 4.01. The van der Waals surface area contributed by atoms with E-state index in [-0.39, 0.29) is 18.0 Å². The van der Waals surface area contributed by atoms with E-state index in [1.807, 2.05) is 36.5 Å². The van der Waals surface area contributed by atoms with E-state index in [0.717, 1.165) is 11.3 Å². The van der Waals surface area contributed by atoms with E-state index in [4.69, 9.17) is 14.2 Å². The Labute approximate surface area is 133 Å². The second-order valence-electron chi connectivity index (χ2n) is 5.75. The second kappa shape index (κ2) is 6.19. The topological polar surface area (TPSA) is 75.5 Å². The highest BCUT2D eigenvalue weighted by atomic mass is 16.7. The van der Waals surface area contributed by atoms with Gasteiger partial charge in [-0.1, -0.05) is 35.5 Å². The first-order chi connectivity index (χ1) is 11.3. The molecule has 3 atom stereocenters. The van der Waals surface area contributed by atoms with Gasteiger partial charge in [-0.05, 0) is 5.56 Å². The number of Topliss-reactive ketones (excluding diaryl/α,β-unsaturated/α-hetero) is 1. The van der Waals surface area contributed by atoms with Crippen molar-refractivity contribution in [1.29, 1.82) is 0 Å². The number of carbonyl (C=O) groups is 1. The van der Waals surface area contributed by atoms with Gasteiger partial charge in [0.05, 0.1) is 32.1 Å². The molecule has 2 aromatic rings. The van der Waals surface area contributed by atoms with Crippen molar-refractivity contribution in [2.45, 2.75) is 38.1 Å². The number of hydrogen-bond acceptors (Lipinski definition) is 6. The summed E-state index contributed by atoms with van der Waals surface area (Å²) in [6.45, 7) is 1.37. The Morgan fingerprint density at radius 2 is 2.17 bits per heavy atom. The first kappa shape index (κ1) is 14.5. The number of aromatic nitrogens is 3. The fraction of sp³-hybridized carbons (Fsp3) is 0.438. The van der Waals surface area contributed by atoms with Gasteiger partial charge in [0, 0.05) is 6.42 Å². The summed E-state index contributed by atoms with van der Waals surface area (Å²) in [7, 11) is 0. The fourth-order valence-electron chi connectivity index (χ4n) is 2.82. The predicted molar refractivity (Wildman–Crippen MR) is 78.4 cm³/mol. The molecular formula is C16H17N3O4. The Kier molecular flexibility index (Phi) is 3.90. The summed E-state index contributed by atoms with van der Waals surface area (Å²) in [4.78, 5) is 11.7. The Bertz CT molecular complexity index is 688. The van der Waals surface area contributed by atoms with E-state index in [1.54, 1.807) is 4.68 Å². The molecule has 2 aliphatic heterocycles. The summed E-state index contributed by atoms with van der Waals surface area (Å²) in [5.74, 6) is -0.0588. The molecule has 23 heavy (non-hydrogen) atoms. The number of rotatable bonds is 5. The predicted octanol–water partition coefficient (Wildman–Crippen LogP) is 0.926. The largest absolute Gasteiger partial charge is 0.369 e. The van der Waals surface area contributed by atoms with Crippen molar-refractivity contribution < 1.29 is 19.0 Å². The van der Waals surface area contributed by atoms with Crippen molar-refractivity contribution in [1.82, 2.24) is 15.0 Å². The summed E-state index contributed by atoms with van der Waals surface area (Å²) < 4.78 is 18.3. The van der Waals surface area contributed by atoms with E-state index in [0.29, 0.717) is 26.2 Å². The summed E-state index contributed by atoms with van der Waals surface area (Å²) in [5.41, 5.74) is 1.89. The minimum Gasteiger partial charge on any atom is -0.369 e. The molecule has 1 aromatic heterocycles. The van der Waals surface area contributed by atoms with Crippen LogP contribution in [0, 0.1) is 0 Å². The maximum absolute atomic E-state index is 11.7. The van der Waals surface area contributed by atoms with E-state index in [9.17, 15) is 4.79 Å². The Balaban J connectivity index is 1.34. The summed E-state index contributed by atoms with van der Waals surface area (Å²) in [5, 5.41) is 8.21. The number of benzene rings is 1. The quantitative estimate of drug-likeness (QED) is 0.817. The minimum atomic E-state index is -0.688. The van der Waals surface area contributed by atoms with Gasteiger partial charge in [-0.3, -0.25) is 4.79 Å². The molecule has 0 unspecified atom stereocenters. The second-order valence-corrected chi connectivity index (χ2v) is 5.75. The van der Waals surface area contributed by atoms with Crippen molar-refractivity contribution >= 4 is 5.78 Å². The Morgan fingerprint density at radius 3 is 3.04 bits per heavy atom. The average molecular weight is 315 g/mol. The first-order valence-corrected chi connectivity index (χ1v) is 7.62. The highest BCUT2D eigenvalue weighted by Crippen LogP contribution is 2.27. The zero-order valence-corrected chi connectivity index (χ0v) is 12.5. The molecule has 0 radical (unpaired) electrons. The molecular weight excluding hydrogens is 298 g/mol. The van der Waals surface area contributed by atoms with Crippen LogP contribution in [0.3, 0.4) is 0 Å². The molecule has 0 amide bonds. The van der Waals surface area contributed by atoms with E-state index in [1.165, 1.54) is 0 Å². The lowest BCUT2D eigenvalue weighted by molar-refractivity contribution is -0.168. The number of carbonyl (C=O) groups excluding carboxylic acids is 1. The van der Waals surface area contributed by atoms with Crippen LogP contribution in [0.2, 0.25) is 0 Å². The van der Waals surface area contributed by atoms with Crippen molar-refractivity contribution in [3.05, 3.63) is 47.8 Å². The standard InChI is InChI=1S/C16H17N3O4/c20-13-6-14(15-10-22-16(13)23-15)21-9-12-8-19(18-17-12)7-11-4-2-1-3-5-11/h1-5,8,14-16H,6-7,9-10H2/t14-,15+,16+/m0/s1. The monoisotopic (exact) mass is 315 g/mol. The zero-order valence-electron chi connectivity index (χ0n) is 12.5. The van der Waals surface area contributed by atoms with Crippen LogP contribution < -0.4 is 0 Å². The lowest BCUT2D eigenvalue weighted by atomic mass is 10.1. The molecule has 2 fully saturated rings. The molecule has 2 bridgehead atoms. The summed E-state index contributed by atoms with van der Waals surface area (Å²) in [6.07, 6.45) is 1.05.